The zero-order valence-electron chi connectivity index (χ0n) is 9.51. The fourth-order valence-corrected chi connectivity index (χ4v) is 2.48. The highest BCUT2D eigenvalue weighted by molar-refractivity contribution is 5.33. The van der Waals surface area contributed by atoms with Crippen molar-refractivity contribution in [2.24, 2.45) is 11.8 Å². The summed E-state index contributed by atoms with van der Waals surface area (Å²) in [5, 5.41) is 0. The van der Waals surface area contributed by atoms with E-state index in [4.69, 9.17) is 0 Å². The molecule has 1 atom stereocenters. The number of fused-ring (bicyclic) bond motifs is 1. The second kappa shape index (κ2) is 3.76. The smallest absolute Gasteiger partial charge is 0.0245 e. The molecule has 1 aliphatic rings. The van der Waals surface area contributed by atoms with E-state index in [0.29, 0.717) is 0 Å². The van der Waals surface area contributed by atoms with Crippen LogP contribution in [0.4, 0.5) is 0 Å². The standard InChI is InChI=1S/C14H20/c1-10(2)13-7-6-12-5-4-11(3)8-14(12)9-13/h4-5,8,10,13H,6-7,9H2,1-3H3. The van der Waals surface area contributed by atoms with Crippen LogP contribution in [0.5, 0.6) is 0 Å². The average molecular weight is 188 g/mol. The van der Waals surface area contributed by atoms with Crippen LogP contribution in [0, 0.1) is 18.8 Å². The molecule has 2 rings (SSSR count). The molecule has 0 amide bonds. The minimum Gasteiger partial charge on any atom is -0.0625 e. The van der Waals surface area contributed by atoms with Crippen LogP contribution in [0.25, 0.3) is 0 Å². The molecule has 0 fully saturated rings. The van der Waals surface area contributed by atoms with E-state index in [2.05, 4.69) is 39.0 Å². The Balaban J connectivity index is 2.24. The summed E-state index contributed by atoms with van der Waals surface area (Å²) in [6.07, 6.45) is 3.97. The number of hydrogen-bond acceptors (Lipinski definition) is 0. The summed E-state index contributed by atoms with van der Waals surface area (Å²) in [7, 11) is 0. The van der Waals surface area contributed by atoms with E-state index in [-0.39, 0.29) is 0 Å². The monoisotopic (exact) mass is 188 g/mol. The highest BCUT2D eigenvalue weighted by Gasteiger charge is 2.20. The van der Waals surface area contributed by atoms with Crippen molar-refractivity contribution < 1.29 is 0 Å². The summed E-state index contributed by atoms with van der Waals surface area (Å²) in [4.78, 5) is 0. The molecular formula is C14H20. The molecule has 0 radical (unpaired) electrons. The van der Waals surface area contributed by atoms with Crippen LogP contribution in [0.1, 0.15) is 37.0 Å². The quantitative estimate of drug-likeness (QED) is 0.629. The summed E-state index contributed by atoms with van der Waals surface area (Å²) in [5.74, 6) is 1.74. The zero-order chi connectivity index (χ0) is 10.1. The van der Waals surface area contributed by atoms with Crippen LogP contribution < -0.4 is 0 Å². The Kier molecular flexibility index (Phi) is 2.62. The molecule has 0 aliphatic heterocycles. The van der Waals surface area contributed by atoms with Gasteiger partial charge in [0.1, 0.15) is 0 Å². The first kappa shape index (κ1) is 9.76. The molecule has 1 aromatic carbocycles. The Labute approximate surface area is 87.3 Å². The Bertz CT molecular complexity index is 323. The summed E-state index contributed by atoms with van der Waals surface area (Å²) in [6, 6.07) is 6.94. The average Bonchev–Trinajstić information content (AvgIpc) is 2.16. The topological polar surface area (TPSA) is 0 Å². The van der Waals surface area contributed by atoms with E-state index in [9.17, 15) is 0 Å². The lowest BCUT2D eigenvalue weighted by atomic mass is 9.78. The van der Waals surface area contributed by atoms with E-state index in [1.54, 1.807) is 11.1 Å². The van der Waals surface area contributed by atoms with Gasteiger partial charge in [-0.15, -0.1) is 0 Å². The van der Waals surface area contributed by atoms with Crippen molar-refractivity contribution in [1.82, 2.24) is 0 Å². The van der Waals surface area contributed by atoms with Crippen LogP contribution in [0.2, 0.25) is 0 Å². The lowest BCUT2D eigenvalue weighted by molar-refractivity contribution is 0.343. The second-order valence-corrected chi connectivity index (χ2v) is 5.02. The molecule has 0 N–H and O–H groups in total. The van der Waals surface area contributed by atoms with E-state index < -0.39 is 0 Å². The van der Waals surface area contributed by atoms with E-state index in [0.717, 1.165) is 11.8 Å². The fourth-order valence-electron chi connectivity index (χ4n) is 2.48. The van der Waals surface area contributed by atoms with Crippen molar-refractivity contribution >= 4 is 0 Å². The zero-order valence-corrected chi connectivity index (χ0v) is 9.51. The van der Waals surface area contributed by atoms with Gasteiger partial charge in [0.15, 0.2) is 0 Å². The van der Waals surface area contributed by atoms with Gasteiger partial charge in [0.05, 0.1) is 0 Å². The molecular weight excluding hydrogens is 168 g/mol. The molecule has 14 heavy (non-hydrogen) atoms. The van der Waals surface area contributed by atoms with Crippen molar-refractivity contribution in [3.8, 4) is 0 Å². The van der Waals surface area contributed by atoms with Crippen molar-refractivity contribution in [3.63, 3.8) is 0 Å². The van der Waals surface area contributed by atoms with E-state index in [1.807, 2.05) is 0 Å². The van der Waals surface area contributed by atoms with Crippen LogP contribution in [0.15, 0.2) is 18.2 Å². The van der Waals surface area contributed by atoms with Gasteiger partial charge in [-0.3, -0.25) is 0 Å². The number of benzene rings is 1. The minimum atomic E-state index is 0.837. The largest absolute Gasteiger partial charge is 0.0625 e. The molecule has 0 heterocycles. The third-order valence-corrected chi connectivity index (χ3v) is 3.57. The molecule has 0 bridgehead atoms. The van der Waals surface area contributed by atoms with Gasteiger partial charge in [-0.1, -0.05) is 37.6 Å². The molecule has 0 aromatic heterocycles. The Morgan fingerprint density at radius 2 is 2.00 bits per heavy atom. The van der Waals surface area contributed by atoms with Crippen molar-refractivity contribution in [3.05, 3.63) is 34.9 Å². The first-order chi connectivity index (χ1) is 6.66. The second-order valence-electron chi connectivity index (χ2n) is 5.02. The van der Waals surface area contributed by atoms with Gasteiger partial charge in [-0.2, -0.15) is 0 Å². The van der Waals surface area contributed by atoms with Crippen LogP contribution in [0.3, 0.4) is 0 Å². The van der Waals surface area contributed by atoms with Crippen LogP contribution in [-0.2, 0) is 12.8 Å². The molecule has 1 unspecified atom stereocenters. The first-order valence-electron chi connectivity index (χ1n) is 5.75. The van der Waals surface area contributed by atoms with Crippen LogP contribution >= 0.6 is 0 Å². The molecule has 1 aromatic rings. The molecule has 76 valence electrons. The highest BCUT2D eigenvalue weighted by Crippen LogP contribution is 2.30. The van der Waals surface area contributed by atoms with E-state index in [1.165, 1.54) is 24.8 Å². The normalized spacial score (nSPS) is 21.0. The van der Waals surface area contributed by atoms with Crippen molar-refractivity contribution in [2.75, 3.05) is 0 Å². The first-order valence-corrected chi connectivity index (χ1v) is 5.75. The molecule has 0 saturated carbocycles. The predicted molar refractivity (Wildman–Crippen MR) is 61.5 cm³/mol. The minimum absolute atomic E-state index is 0.837. The maximum atomic E-state index is 2.38. The Morgan fingerprint density at radius 1 is 1.21 bits per heavy atom. The maximum absolute atomic E-state index is 2.38. The molecule has 0 nitrogen and oxygen atoms in total. The van der Waals surface area contributed by atoms with Gasteiger partial charge in [-0.05, 0) is 49.1 Å². The van der Waals surface area contributed by atoms with Gasteiger partial charge in [-0.25, -0.2) is 0 Å². The molecule has 1 aliphatic carbocycles. The third-order valence-electron chi connectivity index (χ3n) is 3.57. The SMILES string of the molecule is Cc1ccc2c(c1)CC(C(C)C)CC2. The summed E-state index contributed by atoms with van der Waals surface area (Å²) >= 11 is 0. The van der Waals surface area contributed by atoms with Gasteiger partial charge >= 0.3 is 0 Å². The Hall–Kier alpha value is -0.780. The predicted octanol–water partition coefficient (Wildman–Crippen LogP) is 3.76. The van der Waals surface area contributed by atoms with Gasteiger partial charge in [0.2, 0.25) is 0 Å². The van der Waals surface area contributed by atoms with Gasteiger partial charge < -0.3 is 0 Å². The number of aryl methyl sites for hydroxylation is 2. The highest BCUT2D eigenvalue weighted by atomic mass is 14.3. The number of hydrogen-bond donors (Lipinski definition) is 0. The summed E-state index contributed by atoms with van der Waals surface area (Å²) < 4.78 is 0. The van der Waals surface area contributed by atoms with Crippen molar-refractivity contribution in [2.45, 2.75) is 40.0 Å². The Morgan fingerprint density at radius 3 is 2.71 bits per heavy atom. The summed E-state index contributed by atoms with van der Waals surface area (Å²) in [5.41, 5.74) is 4.61. The van der Waals surface area contributed by atoms with Gasteiger partial charge in [0.25, 0.3) is 0 Å². The number of rotatable bonds is 1. The van der Waals surface area contributed by atoms with Crippen molar-refractivity contribution in [1.29, 1.82) is 0 Å². The fraction of sp³-hybridized carbons (Fsp3) is 0.571. The lowest BCUT2D eigenvalue weighted by Crippen LogP contribution is -2.19. The van der Waals surface area contributed by atoms with E-state index >= 15 is 0 Å². The molecule has 0 spiro atoms. The van der Waals surface area contributed by atoms with Crippen LogP contribution in [-0.4, -0.2) is 0 Å². The maximum Gasteiger partial charge on any atom is -0.0245 e. The lowest BCUT2D eigenvalue weighted by Gasteiger charge is -2.27. The summed E-state index contributed by atoms with van der Waals surface area (Å²) in [6.45, 7) is 6.90. The molecule has 0 heteroatoms. The third kappa shape index (κ3) is 1.84. The van der Waals surface area contributed by atoms with Gasteiger partial charge in [0, 0.05) is 0 Å². The molecule has 0 saturated heterocycles.